The molecule has 130 valence electrons. The second-order valence-electron chi connectivity index (χ2n) is 6.87. The van der Waals surface area contributed by atoms with Crippen molar-refractivity contribution in [1.82, 2.24) is 9.88 Å². The number of pyridine rings is 1. The van der Waals surface area contributed by atoms with E-state index in [1.54, 1.807) is 0 Å². The van der Waals surface area contributed by atoms with E-state index in [1.807, 2.05) is 31.3 Å². The molecule has 0 fully saturated rings. The number of fused-ring (bicyclic) bond motifs is 1. The van der Waals surface area contributed by atoms with Crippen LogP contribution in [0, 0.1) is 13.8 Å². The lowest BCUT2D eigenvalue weighted by Gasteiger charge is -2.24. The van der Waals surface area contributed by atoms with Crippen LogP contribution in [0.4, 0.5) is 0 Å². The molecule has 0 aliphatic heterocycles. The lowest BCUT2D eigenvalue weighted by Crippen LogP contribution is -2.30. The lowest BCUT2D eigenvalue weighted by atomic mass is 10.1. The highest BCUT2D eigenvalue weighted by Crippen LogP contribution is 2.19. The van der Waals surface area contributed by atoms with Gasteiger partial charge in [-0.1, -0.05) is 12.1 Å². The van der Waals surface area contributed by atoms with Gasteiger partial charge in [0.05, 0.1) is 0 Å². The SMILES string of the molecule is Cc1ccnc(CC(C)N(C)Cc2ccc3c(C)cc(=O)oc3c2)c1. The van der Waals surface area contributed by atoms with E-state index in [4.69, 9.17) is 4.42 Å². The first-order valence-electron chi connectivity index (χ1n) is 8.57. The number of rotatable bonds is 5. The Kier molecular flexibility index (Phi) is 5.00. The van der Waals surface area contributed by atoms with Gasteiger partial charge in [-0.15, -0.1) is 0 Å². The third kappa shape index (κ3) is 4.15. The fourth-order valence-corrected chi connectivity index (χ4v) is 3.08. The van der Waals surface area contributed by atoms with Gasteiger partial charge in [-0.25, -0.2) is 4.79 Å². The van der Waals surface area contributed by atoms with Crippen LogP contribution in [0.2, 0.25) is 0 Å². The molecule has 0 saturated heterocycles. The summed E-state index contributed by atoms with van der Waals surface area (Å²) in [5, 5.41) is 0.989. The first-order valence-corrected chi connectivity index (χ1v) is 8.57. The van der Waals surface area contributed by atoms with Gasteiger partial charge >= 0.3 is 5.63 Å². The summed E-state index contributed by atoms with van der Waals surface area (Å²) in [5.74, 6) is 0. The summed E-state index contributed by atoms with van der Waals surface area (Å²) in [7, 11) is 2.11. The molecule has 2 heterocycles. The highest BCUT2D eigenvalue weighted by molar-refractivity contribution is 5.80. The van der Waals surface area contributed by atoms with Gasteiger partial charge in [-0.2, -0.15) is 0 Å². The standard InChI is InChI=1S/C21H24N2O2/c1-14-7-8-22-18(9-14)11-16(3)23(4)13-17-5-6-19-15(2)10-21(24)25-20(19)12-17/h5-10,12,16H,11,13H2,1-4H3. The number of benzene rings is 1. The van der Waals surface area contributed by atoms with E-state index in [9.17, 15) is 4.79 Å². The summed E-state index contributed by atoms with van der Waals surface area (Å²) >= 11 is 0. The van der Waals surface area contributed by atoms with Crippen molar-refractivity contribution in [2.24, 2.45) is 0 Å². The molecule has 3 rings (SSSR count). The molecule has 0 bridgehead atoms. The third-order valence-electron chi connectivity index (χ3n) is 4.68. The van der Waals surface area contributed by atoms with Crippen molar-refractivity contribution in [3.8, 4) is 0 Å². The van der Waals surface area contributed by atoms with E-state index in [0.29, 0.717) is 11.6 Å². The van der Waals surface area contributed by atoms with E-state index in [0.717, 1.165) is 35.2 Å². The summed E-state index contributed by atoms with van der Waals surface area (Å²) in [6.07, 6.45) is 2.77. The predicted molar refractivity (Wildman–Crippen MR) is 101 cm³/mol. The molecule has 0 radical (unpaired) electrons. The normalized spacial score (nSPS) is 12.7. The van der Waals surface area contributed by atoms with E-state index in [1.165, 1.54) is 11.6 Å². The van der Waals surface area contributed by atoms with Crippen LogP contribution in [0.15, 0.2) is 51.8 Å². The molecule has 25 heavy (non-hydrogen) atoms. The van der Waals surface area contributed by atoms with Crippen LogP contribution >= 0.6 is 0 Å². The maximum Gasteiger partial charge on any atom is 0.336 e. The van der Waals surface area contributed by atoms with Gasteiger partial charge in [-0.05, 0) is 62.7 Å². The topological polar surface area (TPSA) is 46.3 Å². The summed E-state index contributed by atoms with van der Waals surface area (Å²) in [4.78, 5) is 18.3. The smallest absolute Gasteiger partial charge is 0.336 e. The van der Waals surface area contributed by atoms with Crippen molar-refractivity contribution in [3.05, 3.63) is 75.4 Å². The highest BCUT2D eigenvalue weighted by atomic mass is 16.4. The van der Waals surface area contributed by atoms with Crippen molar-refractivity contribution >= 4 is 11.0 Å². The minimum atomic E-state index is -0.297. The molecule has 0 N–H and O–H groups in total. The van der Waals surface area contributed by atoms with E-state index in [-0.39, 0.29) is 5.63 Å². The first-order chi connectivity index (χ1) is 11.9. The number of likely N-dealkylation sites (N-methyl/N-ethyl adjacent to an activating group) is 1. The maximum absolute atomic E-state index is 11.6. The molecular weight excluding hydrogens is 312 g/mol. The number of aromatic nitrogens is 1. The van der Waals surface area contributed by atoms with Crippen LogP contribution in [-0.4, -0.2) is 23.0 Å². The van der Waals surface area contributed by atoms with Crippen molar-refractivity contribution in [2.45, 2.75) is 39.8 Å². The Morgan fingerprint density at radius 2 is 1.96 bits per heavy atom. The monoisotopic (exact) mass is 336 g/mol. The lowest BCUT2D eigenvalue weighted by molar-refractivity contribution is 0.247. The fraction of sp³-hybridized carbons (Fsp3) is 0.333. The number of nitrogens with zero attached hydrogens (tertiary/aromatic N) is 2. The number of aryl methyl sites for hydroxylation is 2. The first kappa shape index (κ1) is 17.4. The van der Waals surface area contributed by atoms with Crippen LogP contribution in [-0.2, 0) is 13.0 Å². The van der Waals surface area contributed by atoms with Crippen LogP contribution in [0.25, 0.3) is 11.0 Å². The van der Waals surface area contributed by atoms with Crippen molar-refractivity contribution < 1.29 is 4.42 Å². The molecule has 2 aromatic heterocycles. The predicted octanol–water partition coefficient (Wildman–Crippen LogP) is 3.87. The second kappa shape index (κ2) is 7.19. The minimum absolute atomic E-state index is 0.297. The number of hydrogen-bond donors (Lipinski definition) is 0. The largest absolute Gasteiger partial charge is 0.423 e. The molecule has 4 heteroatoms. The van der Waals surface area contributed by atoms with Gasteiger partial charge in [-0.3, -0.25) is 9.88 Å². The van der Waals surface area contributed by atoms with Crippen LogP contribution < -0.4 is 5.63 Å². The van der Waals surface area contributed by atoms with E-state index in [2.05, 4.69) is 42.9 Å². The molecule has 0 saturated carbocycles. The minimum Gasteiger partial charge on any atom is -0.423 e. The van der Waals surface area contributed by atoms with Gasteiger partial charge in [0.2, 0.25) is 0 Å². The van der Waals surface area contributed by atoms with Gasteiger partial charge in [0.25, 0.3) is 0 Å². The summed E-state index contributed by atoms with van der Waals surface area (Å²) in [5.41, 5.74) is 4.79. The molecule has 1 aromatic carbocycles. The summed E-state index contributed by atoms with van der Waals surface area (Å²) in [6, 6.07) is 12.1. The Morgan fingerprint density at radius 3 is 2.72 bits per heavy atom. The zero-order valence-corrected chi connectivity index (χ0v) is 15.2. The summed E-state index contributed by atoms with van der Waals surface area (Å²) in [6.45, 7) is 7.02. The average molecular weight is 336 g/mol. The molecular formula is C21H24N2O2. The van der Waals surface area contributed by atoms with Gasteiger partial charge in [0.1, 0.15) is 5.58 Å². The zero-order valence-electron chi connectivity index (χ0n) is 15.2. The molecule has 0 amide bonds. The fourth-order valence-electron chi connectivity index (χ4n) is 3.08. The Labute approximate surface area is 148 Å². The maximum atomic E-state index is 11.6. The van der Waals surface area contributed by atoms with Gasteiger partial charge in [0, 0.05) is 42.4 Å². The van der Waals surface area contributed by atoms with Gasteiger partial charge < -0.3 is 4.42 Å². The molecule has 1 unspecified atom stereocenters. The Hall–Kier alpha value is -2.46. The Balaban J connectivity index is 1.74. The van der Waals surface area contributed by atoms with Crippen LogP contribution in [0.5, 0.6) is 0 Å². The molecule has 1 atom stereocenters. The van der Waals surface area contributed by atoms with Crippen LogP contribution in [0.3, 0.4) is 0 Å². The average Bonchev–Trinajstić information content (AvgIpc) is 2.54. The Bertz CT molecular complexity index is 946. The van der Waals surface area contributed by atoms with Crippen molar-refractivity contribution in [2.75, 3.05) is 7.05 Å². The second-order valence-corrected chi connectivity index (χ2v) is 6.87. The van der Waals surface area contributed by atoms with E-state index < -0.39 is 0 Å². The molecule has 0 aliphatic rings. The van der Waals surface area contributed by atoms with Crippen molar-refractivity contribution in [1.29, 1.82) is 0 Å². The zero-order chi connectivity index (χ0) is 18.0. The van der Waals surface area contributed by atoms with Gasteiger partial charge in [0.15, 0.2) is 0 Å². The molecule has 3 aromatic rings. The highest BCUT2D eigenvalue weighted by Gasteiger charge is 2.12. The molecule has 4 nitrogen and oxygen atoms in total. The molecule has 0 aliphatic carbocycles. The quantitative estimate of drug-likeness (QED) is 0.664. The van der Waals surface area contributed by atoms with E-state index >= 15 is 0 Å². The van der Waals surface area contributed by atoms with Crippen molar-refractivity contribution in [3.63, 3.8) is 0 Å². The third-order valence-corrected chi connectivity index (χ3v) is 4.68. The molecule has 0 spiro atoms. The number of hydrogen-bond acceptors (Lipinski definition) is 4. The Morgan fingerprint density at radius 1 is 1.16 bits per heavy atom. The van der Waals surface area contributed by atoms with Crippen LogP contribution in [0.1, 0.15) is 29.3 Å². The summed E-state index contributed by atoms with van der Waals surface area (Å²) < 4.78 is 5.35.